The van der Waals surface area contributed by atoms with Crippen LogP contribution in [0.4, 0.5) is 4.39 Å². The second-order valence-corrected chi connectivity index (χ2v) is 3.41. The number of halogens is 2. The molecule has 0 heterocycles. The number of nitrogens with zero attached hydrogens (tertiary/aromatic N) is 2. The molecule has 0 atom stereocenters. The van der Waals surface area contributed by atoms with Crippen molar-refractivity contribution in [3.05, 3.63) is 33.6 Å². The Hall–Kier alpha value is -1.39. The molecular formula is C9H4BrFN2. The van der Waals surface area contributed by atoms with Gasteiger partial charge in [-0.15, -0.1) is 0 Å². The number of hydrogen-bond acceptors (Lipinski definition) is 2. The molecule has 0 fully saturated rings. The van der Waals surface area contributed by atoms with Crippen molar-refractivity contribution >= 4 is 15.9 Å². The Morgan fingerprint density at radius 3 is 2.54 bits per heavy atom. The van der Waals surface area contributed by atoms with Crippen LogP contribution in [-0.4, -0.2) is 0 Å². The van der Waals surface area contributed by atoms with Crippen LogP contribution in [0.1, 0.15) is 6.42 Å². The van der Waals surface area contributed by atoms with Gasteiger partial charge in [0.05, 0.1) is 17.2 Å². The highest BCUT2D eigenvalue weighted by Crippen LogP contribution is 2.27. The summed E-state index contributed by atoms with van der Waals surface area (Å²) in [6.07, 6.45) is 3.12. The summed E-state index contributed by atoms with van der Waals surface area (Å²) < 4.78 is 13.9. The molecule has 0 radical (unpaired) electrons. The molecule has 0 unspecified atom stereocenters. The van der Waals surface area contributed by atoms with Crippen LogP contribution in [0.15, 0.2) is 33.6 Å². The van der Waals surface area contributed by atoms with Gasteiger partial charge in [-0.2, -0.15) is 10.5 Å². The summed E-state index contributed by atoms with van der Waals surface area (Å²) in [5, 5.41) is 17.1. The molecule has 1 aliphatic carbocycles. The maximum absolute atomic E-state index is 13.3. The summed E-state index contributed by atoms with van der Waals surface area (Å²) in [4.78, 5) is 0. The van der Waals surface area contributed by atoms with Gasteiger partial charge >= 0.3 is 0 Å². The SMILES string of the molecule is N#CC1=CC=C(Br)CC(C#N)=C1F. The third kappa shape index (κ3) is 2.05. The Morgan fingerprint density at radius 2 is 2.00 bits per heavy atom. The van der Waals surface area contributed by atoms with Gasteiger partial charge in [-0.05, 0) is 6.08 Å². The first-order chi connectivity index (χ1) is 6.19. The minimum Gasteiger partial charge on any atom is -0.204 e. The predicted molar refractivity (Wildman–Crippen MR) is 49.1 cm³/mol. The first kappa shape index (κ1) is 9.70. The molecule has 0 aromatic rings. The summed E-state index contributed by atoms with van der Waals surface area (Å²) >= 11 is 3.16. The fourth-order valence-corrected chi connectivity index (χ4v) is 1.30. The van der Waals surface area contributed by atoms with E-state index in [4.69, 9.17) is 10.5 Å². The van der Waals surface area contributed by atoms with Gasteiger partial charge in [-0.25, -0.2) is 4.39 Å². The molecule has 0 saturated carbocycles. The Bertz CT molecular complexity index is 387. The molecule has 1 aliphatic rings. The van der Waals surface area contributed by atoms with E-state index < -0.39 is 5.83 Å². The molecule has 0 N–H and O–H groups in total. The second-order valence-electron chi connectivity index (χ2n) is 2.39. The van der Waals surface area contributed by atoms with Crippen LogP contribution in [0.5, 0.6) is 0 Å². The molecular weight excluding hydrogens is 235 g/mol. The van der Waals surface area contributed by atoms with Gasteiger partial charge in [0.1, 0.15) is 6.07 Å². The van der Waals surface area contributed by atoms with Crippen LogP contribution < -0.4 is 0 Å². The van der Waals surface area contributed by atoms with Crippen LogP contribution in [0.2, 0.25) is 0 Å². The summed E-state index contributed by atoms with van der Waals surface area (Å²) in [5.74, 6) is -0.726. The predicted octanol–water partition coefficient (Wildman–Crippen LogP) is 2.87. The summed E-state index contributed by atoms with van der Waals surface area (Å²) in [5.41, 5.74) is -0.126. The number of allylic oxidation sites excluding steroid dienone is 6. The lowest BCUT2D eigenvalue weighted by molar-refractivity contribution is 0.648. The first-order valence-electron chi connectivity index (χ1n) is 3.44. The highest BCUT2D eigenvalue weighted by atomic mass is 79.9. The van der Waals surface area contributed by atoms with Gasteiger partial charge in [-0.1, -0.05) is 22.0 Å². The lowest BCUT2D eigenvalue weighted by Crippen LogP contribution is -1.86. The molecule has 2 nitrogen and oxygen atoms in total. The van der Waals surface area contributed by atoms with Crippen LogP contribution in [-0.2, 0) is 0 Å². The monoisotopic (exact) mass is 238 g/mol. The van der Waals surface area contributed by atoms with Crippen molar-refractivity contribution < 1.29 is 4.39 Å². The maximum atomic E-state index is 13.3. The van der Waals surface area contributed by atoms with Crippen molar-refractivity contribution in [2.45, 2.75) is 6.42 Å². The molecule has 13 heavy (non-hydrogen) atoms. The summed E-state index contributed by atoms with van der Waals surface area (Å²) in [6.45, 7) is 0. The van der Waals surface area contributed by atoms with E-state index >= 15 is 0 Å². The standard InChI is InChI=1S/C9H4BrFN2/c10-8-2-1-6(4-12)9(11)7(3-8)5-13/h1-2H,3H2. The van der Waals surface area contributed by atoms with E-state index in [2.05, 4.69) is 15.9 Å². The van der Waals surface area contributed by atoms with Crippen molar-refractivity contribution in [2.24, 2.45) is 0 Å². The second kappa shape index (κ2) is 4.02. The van der Waals surface area contributed by atoms with Crippen LogP contribution >= 0.6 is 15.9 Å². The zero-order chi connectivity index (χ0) is 9.84. The van der Waals surface area contributed by atoms with E-state index in [1.54, 1.807) is 18.2 Å². The van der Waals surface area contributed by atoms with Crippen LogP contribution in [0.25, 0.3) is 0 Å². The molecule has 1 rings (SSSR count). The third-order valence-electron chi connectivity index (χ3n) is 1.53. The Kier molecular flexibility index (Phi) is 3.00. The Labute approximate surface area is 83.4 Å². The first-order valence-corrected chi connectivity index (χ1v) is 4.24. The summed E-state index contributed by atoms with van der Waals surface area (Å²) in [7, 11) is 0. The van der Waals surface area contributed by atoms with E-state index in [1.807, 2.05) is 0 Å². The zero-order valence-electron chi connectivity index (χ0n) is 6.51. The van der Waals surface area contributed by atoms with E-state index in [9.17, 15) is 4.39 Å². The molecule has 64 valence electrons. The van der Waals surface area contributed by atoms with Crippen molar-refractivity contribution in [2.75, 3.05) is 0 Å². The van der Waals surface area contributed by atoms with Gasteiger partial charge in [0.2, 0.25) is 0 Å². The van der Waals surface area contributed by atoms with Gasteiger partial charge in [0.25, 0.3) is 0 Å². The average molecular weight is 239 g/mol. The van der Waals surface area contributed by atoms with Crippen molar-refractivity contribution in [3.8, 4) is 12.1 Å². The topological polar surface area (TPSA) is 47.6 Å². The highest BCUT2D eigenvalue weighted by Gasteiger charge is 2.14. The normalized spacial score (nSPS) is 16.6. The van der Waals surface area contributed by atoms with E-state index in [1.165, 1.54) is 6.08 Å². The third-order valence-corrected chi connectivity index (χ3v) is 2.08. The molecule has 0 aromatic carbocycles. The Balaban J connectivity index is 3.26. The average Bonchev–Trinajstić information content (AvgIpc) is 2.26. The van der Waals surface area contributed by atoms with Crippen molar-refractivity contribution in [1.82, 2.24) is 0 Å². The van der Waals surface area contributed by atoms with Crippen LogP contribution in [0.3, 0.4) is 0 Å². The van der Waals surface area contributed by atoms with Gasteiger partial charge < -0.3 is 0 Å². The number of hydrogen-bond donors (Lipinski definition) is 0. The van der Waals surface area contributed by atoms with Crippen molar-refractivity contribution in [1.29, 1.82) is 10.5 Å². The maximum Gasteiger partial charge on any atom is 0.154 e. The van der Waals surface area contributed by atoms with Gasteiger partial charge in [0.15, 0.2) is 5.83 Å². The highest BCUT2D eigenvalue weighted by molar-refractivity contribution is 9.11. The van der Waals surface area contributed by atoms with Crippen molar-refractivity contribution in [3.63, 3.8) is 0 Å². The quantitative estimate of drug-likeness (QED) is 0.652. The van der Waals surface area contributed by atoms with Gasteiger partial charge in [0, 0.05) is 10.9 Å². The zero-order valence-corrected chi connectivity index (χ0v) is 8.10. The summed E-state index contributed by atoms with van der Waals surface area (Å²) in [6, 6.07) is 3.42. The van der Waals surface area contributed by atoms with E-state index in [-0.39, 0.29) is 17.6 Å². The molecule has 4 heteroatoms. The molecule has 0 bridgehead atoms. The molecule has 0 amide bonds. The fraction of sp³-hybridized carbons (Fsp3) is 0.111. The minimum atomic E-state index is -0.726. The number of rotatable bonds is 0. The molecule has 0 spiro atoms. The molecule has 0 aromatic heterocycles. The molecule has 0 saturated heterocycles. The fourth-order valence-electron chi connectivity index (χ4n) is 0.890. The lowest BCUT2D eigenvalue weighted by Gasteiger charge is -1.95. The molecule has 0 aliphatic heterocycles. The minimum absolute atomic E-state index is 0.0200. The lowest BCUT2D eigenvalue weighted by atomic mass is 10.1. The van der Waals surface area contributed by atoms with Crippen LogP contribution in [0, 0.1) is 22.7 Å². The Morgan fingerprint density at radius 1 is 1.31 bits per heavy atom. The van der Waals surface area contributed by atoms with Gasteiger partial charge in [-0.3, -0.25) is 0 Å². The van der Waals surface area contributed by atoms with E-state index in [0.29, 0.717) is 4.48 Å². The number of nitriles is 2. The largest absolute Gasteiger partial charge is 0.204 e. The smallest absolute Gasteiger partial charge is 0.154 e. The van der Waals surface area contributed by atoms with E-state index in [0.717, 1.165) is 0 Å².